The Morgan fingerprint density at radius 2 is 2.21 bits per heavy atom. The molecule has 0 radical (unpaired) electrons. The third kappa shape index (κ3) is 3.81. The van der Waals surface area contributed by atoms with Gasteiger partial charge in [-0.25, -0.2) is 0 Å². The molecular formula is C12H21NS. The average Bonchev–Trinajstić information content (AvgIpc) is 2.64. The van der Waals surface area contributed by atoms with Crippen LogP contribution in [0.1, 0.15) is 45.2 Å². The second-order valence-corrected chi connectivity index (χ2v) is 4.97. The minimum Gasteiger partial charge on any atom is -0.310 e. The van der Waals surface area contributed by atoms with Crippen molar-refractivity contribution >= 4 is 11.3 Å². The van der Waals surface area contributed by atoms with Gasteiger partial charge in [-0.2, -0.15) is 11.3 Å². The third-order valence-corrected chi connectivity index (χ3v) is 2.99. The Hall–Kier alpha value is -0.340. The maximum atomic E-state index is 3.61. The number of thiophene rings is 1. The van der Waals surface area contributed by atoms with Crippen LogP contribution in [0.2, 0.25) is 0 Å². The van der Waals surface area contributed by atoms with Crippen LogP contribution in [0.4, 0.5) is 0 Å². The smallest absolute Gasteiger partial charge is 0.0330 e. The fourth-order valence-corrected chi connectivity index (χ4v) is 2.31. The van der Waals surface area contributed by atoms with Crippen LogP contribution in [-0.2, 0) is 0 Å². The Labute approximate surface area is 91.5 Å². The summed E-state index contributed by atoms with van der Waals surface area (Å²) in [5.41, 5.74) is 1.46. The van der Waals surface area contributed by atoms with Crippen molar-refractivity contribution in [1.29, 1.82) is 0 Å². The molecule has 1 rings (SSSR count). The number of hydrogen-bond donors (Lipinski definition) is 1. The topological polar surface area (TPSA) is 12.0 Å². The highest BCUT2D eigenvalue weighted by Crippen LogP contribution is 2.23. The van der Waals surface area contributed by atoms with Gasteiger partial charge in [-0.05, 0) is 47.7 Å². The van der Waals surface area contributed by atoms with Gasteiger partial charge in [0.1, 0.15) is 0 Å². The van der Waals surface area contributed by atoms with Crippen LogP contribution in [0.25, 0.3) is 0 Å². The van der Waals surface area contributed by atoms with Gasteiger partial charge in [0.15, 0.2) is 0 Å². The molecule has 0 bridgehead atoms. The molecule has 0 saturated heterocycles. The van der Waals surface area contributed by atoms with E-state index in [1.165, 1.54) is 18.4 Å². The van der Waals surface area contributed by atoms with E-state index in [2.05, 4.69) is 42.9 Å². The van der Waals surface area contributed by atoms with Gasteiger partial charge in [0.05, 0.1) is 0 Å². The molecule has 1 atom stereocenters. The predicted molar refractivity (Wildman–Crippen MR) is 64.8 cm³/mol. The van der Waals surface area contributed by atoms with Crippen LogP contribution in [0.5, 0.6) is 0 Å². The fourth-order valence-electron chi connectivity index (χ4n) is 1.60. The highest BCUT2D eigenvalue weighted by molar-refractivity contribution is 7.07. The van der Waals surface area contributed by atoms with Gasteiger partial charge in [0, 0.05) is 6.04 Å². The number of nitrogens with one attached hydrogen (secondary N) is 1. The summed E-state index contributed by atoms with van der Waals surface area (Å²) in [6, 6.07) is 2.79. The summed E-state index contributed by atoms with van der Waals surface area (Å²) < 4.78 is 0. The SMILES string of the molecule is CCCNC(CC(C)C)c1ccsc1. The molecule has 1 heterocycles. The molecule has 2 heteroatoms. The summed E-state index contributed by atoms with van der Waals surface area (Å²) in [5.74, 6) is 0.754. The molecule has 1 unspecified atom stereocenters. The first-order valence-corrected chi connectivity index (χ1v) is 6.43. The monoisotopic (exact) mass is 211 g/mol. The highest BCUT2D eigenvalue weighted by Gasteiger charge is 2.12. The molecule has 1 N–H and O–H groups in total. The molecule has 14 heavy (non-hydrogen) atoms. The first-order valence-electron chi connectivity index (χ1n) is 5.49. The molecule has 0 aliphatic carbocycles. The maximum absolute atomic E-state index is 3.61. The quantitative estimate of drug-likeness (QED) is 0.754. The second kappa shape index (κ2) is 6.20. The van der Waals surface area contributed by atoms with E-state index in [9.17, 15) is 0 Å². The summed E-state index contributed by atoms with van der Waals surface area (Å²) >= 11 is 1.79. The number of hydrogen-bond acceptors (Lipinski definition) is 2. The number of rotatable bonds is 6. The van der Waals surface area contributed by atoms with Gasteiger partial charge in [0.2, 0.25) is 0 Å². The molecule has 1 aromatic heterocycles. The average molecular weight is 211 g/mol. The van der Waals surface area contributed by atoms with E-state index in [-0.39, 0.29) is 0 Å². The molecule has 0 aliphatic heterocycles. The molecule has 0 spiro atoms. The van der Waals surface area contributed by atoms with E-state index in [0.29, 0.717) is 6.04 Å². The van der Waals surface area contributed by atoms with E-state index in [1.807, 2.05) is 0 Å². The van der Waals surface area contributed by atoms with Crippen LogP contribution in [0.3, 0.4) is 0 Å². The van der Waals surface area contributed by atoms with Gasteiger partial charge in [-0.15, -0.1) is 0 Å². The van der Waals surface area contributed by atoms with E-state index >= 15 is 0 Å². The highest BCUT2D eigenvalue weighted by atomic mass is 32.1. The Morgan fingerprint density at radius 1 is 1.43 bits per heavy atom. The summed E-state index contributed by atoms with van der Waals surface area (Å²) in [6.45, 7) is 7.90. The van der Waals surface area contributed by atoms with Crippen molar-refractivity contribution in [1.82, 2.24) is 5.32 Å². The lowest BCUT2D eigenvalue weighted by Crippen LogP contribution is -2.23. The van der Waals surface area contributed by atoms with Gasteiger partial charge in [-0.3, -0.25) is 0 Å². The Balaban J connectivity index is 2.53. The van der Waals surface area contributed by atoms with E-state index in [4.69, 9.17) is 0 Å². The molecule has 0 aromatic carbocycles. The van der Waals surface area contributed by atoms with E-state index in [1.54, 1.807) is 11.3 Å². The lowest BCUT2D eigenvalue weighted by atomic mass is 9.99. The molecular weight excluding hydrogens is 190 g/mol. The molecule has 1 aromatic rings. The van der Waals surface area contributed by atoms with Crippen molar-refractivity contribution in [2.24, 2.45) is 5.92 Å². The first kappa shape index (κ1) is 11.7. The Bertz CT molecular complexity index is 228. The molecule has 1 nitrogen and oxygen atoms in total. The Morgan fingerprint density at radius 3 is 2.71 bits per heavy atom. The zero-order chi connectivity index (χ0) is 10.4. The summed E-state index contributed by atoms with van der Waals surface area (Å²) in [7, 11) is 0. The molecule has 0 fully saturated rings. The lowest BCUT2D eigenvalue weighted by Gasteiger charge is -2.19. The van der Waals surface area contributed by atoms with E-state index in [0.717, 1.165) is 12.5 Å². The van der Waals surface area contributed by atoms with Gasteiger partial charge >= 0.3 is 0 Å². The standard InChI is InChI=1S/C12H21NS/c1-4-6-13-12(8-10(2)3)11-5-7-14-9-11/h5,7,9-10,12-13H,4,6,8H2,1-3H3. The first-order chi connectivity index (χ1) is 6.74. The van der Waals surface area contributed by atoms with Crippen molar-refractivity contribution in [2.45, 2.75) is 39.7 Å². The van der Waals surface area contributed by atoms with Gasteiger partial charge < -0.3 is 5.32 Å². The lowest BCUT2D eigenvalue weighted by molar-refractivity contribution is 0.431. The van der Waals surface area contributed by atoms with Gasteiger partial charge in [-0.1, -0.05) is 20.8 Å². The second-order valence-electron chi connectivity index (χ2n) is 4.19. The van der Waals surface area contributed by atoms with Crippen LogP contribution in [0, 0.1) is 5.92 Å². The van der Waals surface area contributed by atoms with E-state index < -0.39 is 0 Å². The Kier molecular flexibility index (Phi) is 5.20. The third-order valence-electron chi connectivity index (χ3n) is 2.29. The predicted octanol–water partition coefficient (Wildman–Crippen LogP) is 3.83. The summed E-state index contributed by atoms with van der Waals surface area (Å²) in [6.07, 6.45) is 2.44. The minimum absolute atomic E-state index is 0.557. The molecule has 0 saturated carbocycles. The van der Waals surface area contributed by atoms with Crippen molar-refractivity contribution in [2.75, 3.05) is 6.54 Å². The van der Waals surface area contributed by atoms with Crippen LogP contribution in [0.15, 0.2) is 16.8 Å². The van der Waals surface area contributed by atoms with Gasteiger partial charge in [0.25, 0.3) is 0 Å². The molecule has 0 amide bonds. The van der Waals surface area contributed by atoms with Crippen molar-refractivity contribution in [3.05, 3.63) is 22.4 Å². The van der Waals surface area contributed by atoms with Crippen LogP contribution >= 0.6 is 11.3 Å². The summed E-state index contributed by atoms with van der Waals surface area (Å²) in [5, 5.41) is 8.03. The van der Waals surface area contributed by atoms with Crippen molar-refractivity contribution in [3.63, 3.8) is 0 Å². The van der Waals surface area contributed by atoms with Crippen molar-refractivity contribution < 1.29 is 0 Å². The minimum atomic E-state index is 0.557. The fraction of sp³-hybridized carbons (Fsp3) is 0.667. The zero-order valence-electron chi connectivity index (χ0n) is 9.42. The van der Waals surface area contributed by atoms with Crippen LogP contribution < -0.4 is 5.32 Å². The van der Waals surface area contributed by atoms with Crippen LogP contribution in [-0.4, -0.2) is 6.54 Å². The van der Waals surface area contributed by atoms with Crippen molar-refractivity contribution in [3.8, 4) is 0 Å². The largest absolute Gasteiger partial charge is 0.310 e. The normalized spacial score (nSPS) is 13.4. The molecule has 80 valence electrons. The zero-order valence-corrected chi connectivity index (χ0v) is 10.2. The maximum Gasteiger partial charge on any atom is 0.0330 e. The molecule has 0 aliphatic rings. The summed E-state index contributed by atoms with van der Waals surface area (Å²) in [4.78, 5) is 0.